The molecule has 1 saturated heterocycles. The SMILES string of the molecule is COc1ccc(C(=O)N2CCN(c3ccc4c(c3)CCC(=O)N4C(=O)c3cccc(OCc4ccccc4)c3)CC2)cc1OC. The molecule has 1 fully saturated rings. The lowest BCUT2D eigenvalue weighted by Crippen LogP contribution is -2.49. The minimum Gasteiger partial charge on any atom is -0.493 e. The van der Waals surface area contributed by atoms with Crippen molar-refractivity contribution in [3.63, 3.8) is 0 Å². The fourth-order valence-electron chi connectivity index (χ4n) is 5.81. The maximum absolute atomic E-state index is 13.7. The van der Waals surface area contributed by atoms with Gasteiger partial charge in [0.15, 0.2) is 11.5 Å². The number of ether oxygens (including phenoxy) is 3. The topological polar surface area (TPSA) is 88.6 Å². The van der Waals surface area contributed by atoms with E-state index >= 15 is 0 Å². The number of amides is 3. The van der Waals surface area contributed by atoms with Crippen LogP contribution in [-0.4, -0.2) is 63.0 Å². The highest BCUT2D eigenvalue weighted by Crippen LogP contribution is 2.34. The maximum atomic E-state index is 13.7. The van der Waals surface area contributed by atoms with Gasteiger partial charge in [-0.15, -0.1) is 0 Å². The number of fused-ring (bicyclic) bond motifs is 1. The summed E-state index contributed by atoms with van der Waals surface area (Å²) in [6.07, 6.45) is 0.809. The van der Waals surface area contributed by atoms with Crippen LogP contribution in [0.25, 0.3) is 0 Å². The molecule has 9 heteroatoms. The second-order valence-electron chi connectivity index (χ2n) is 11.0. The van der Waals surface area contributed by atoms with Gasteiger partial charge in [0.2, 0.25) is 5.91 Å². The number of rotatable bonds is 8. The molecule has 45 heavy (non-hydrogen) atoms. The Balaban J connectivity index is 1.13. The van der Waals surface area contributed by atoms with Crippen molar-refractivity contribution in [2.45, 2.75) is 19.4 Å². The van der Waals surface area contributed by atoms with Crippen LogP contribution in [-0.2, 0) is 17.8 Å². The number of nitrogens with zero attached hydrogens (tertiary/aromatic N) is 3. The van der Waals surface area contributed by atoms with Crippen LogP contribution < -0.4 is 24.0 Å². The van der Waals surface area contributed by atoms with E-state index in [4.69, 9.17) is 14.2 Å². The number of imide groups is 1. The Morgan fingerprint density at radius 3 is 2.22 bits per heavy atom. The molecule has 0 radical (unpaired) electrons. The maximum Gasteiger partial charge on any atom is 0.265 e. The number of piperazine rings is 1. The van der Waals surface area contributed by atoms with Crippen LogP contribution in [0, 0.1) is 0 Å². The Hall–Kier alpha value is -5.31. The molecule has 0 aliphatic carbocycles. The van der Waals surface area contributed by atoms with E-state index in [0.29, 0.717) is 73.3 Å². The van der Waals surface area contributed by atoms with E-state index in [2.05, 4.69) is 11.0 Å². The van der Waals surface area contributed by atoms with Crippen molar-refractivity contribution in [3.05, 3.63) is 113 Å². The highest BCUT2D eigenvalue weighted by molar-refractivity contribution is 6.22. The molecule has 4 aromatic carbocycles. The van der Waals surface area contributed by atoms with E-state index in [1.165, 1.54) is 4.90 Å². The summed E-state index contributed by atoms with van der Waals surface area (Å²) in [5.74, 6) is 1.01. The number of anilines is 2. The van der Waals surface area contributed by atoms with Gasteiger partial charge in [-0.2, -0.15) is 0 Å². The molecule has 4 aromatic rings. The van der Waals surface area contributed by atoms with Gasteiger partial charge in [-0.25, -0.2) is 4.90 Å². The summed E-state index contributed by atoms with van der Waals surface area (Å²) in [5.41, 5.74) is 4.53. The van der Waals surface area contributed by atoms with Crippen LogP contribution in [0.3, 0.4) is 0 Å². The fraction of sp³-hybridized carbons (Fsp3) is 0.250. The third kappa shape index (κ3) is 6.33. The van der Waals surface area contributed by atoms with Gasteiger partial charge < -0.3 is 24.0 Å². The molecule has 0 bridgehead atoms. The molecule has 2 aliphatic rings. The normalized spacial score (nSPS) is 14.5. The number of benzene rings is 4. The summed E-state index contributed by atoms with van der Waals surface area (Å²) < 4.78 is 16.6. The second kappa shape index (κ2) is 13.1. The van der Waals surface area contributed by atoms with Crippen LogP contribution >= 0.6 is 0 Å². The van der Waals surface area contributed by atoms with Crippen LogP contribution in [0.15, 0.2) is 91.0 Å². The minimum atomic E-state index is -0.374. The van der Waals surface area contributed by atoms with Crippen LogP contribution in [0.5, 0.6) is 17.2 Å². The van der Waals surface area contributed by atoms with Crippen molar-refractivity contribution in [2.24, 2.45) is 0 Å². The smallest absolute Gasteiger partial charge is 0.265 e. The van der Waals surface area contributed by atoms with Gasteiger partial charge in [-0.1, -0.05) is 36.4 Å². The summed E-state index contributed by atoms with van der Waals surface area (Å²) in [5, 5.41) is 0. The largest absolute Gasteiger partial charge is 0.493 e. The van der Waals surface area contributed by atoms with Crippen LogP contribution in [0.4, 0.5) is 11.4 Å². The summed E-state index contributed by atoms with van der Waals surface area (Å²) >= 11 is 0. The molecule has 2 aliphatic heterocycles. The fourth-order valence-corrected chi connectivity index (χ4v) is 5.81. The number of methoxy groups -OCH3 is 2. The highest BCUT2D eigenvalue weighted by atomic mass is 16.5. The van der Waals surface area contributed by atoms with E-state index in [1.807, 2.05) is 47.4 Å². The van der Waals surface area contributed by atoms with Gasteiger partial charge in [0.1, 0.15) is 12.4 Å². The van der Waals surface area contributed by atoms with Gasteiger partial charge in [0, 0.05) is 49.4 Å². The Morgan fingerprint density at radius 2 is 1.47 bits per heavy atom. The third-order valence-electron chi connectivity index (χ3n) is 8.26. The first-order valence-corrected chi connectivity index (χ1v) is 15.0. The molecular formula is C36H35N3O6. The van der Waals surface area contributed by atoms with Crippen molar-refractivity contribution in [3.8, 4) is 17.2 Å². The van der Waals surface area contributed by atoms with E-state index in [0.717, 1.165) is 16.8 Å². The molecule has 230 valence electrons. The summed E-state index contributed by atoms with van der Waals surface area (Å²) in [6.45, 7) is 2.84. The molecule has 0 saturated carbocycles. The zero-order valence-electron chi connectivity index (χ0n) is 25.4. The third-order valence-corrected chi connectivity index (χ3v) is 8.26. The lowest BCUT2D eigenvalue weighted by atomic mass is 9.99. The Labute approximate surface area is 262 Å². The summed E-state index contributed by atoms with van der Waals surface area (Å²) in [4.78, 5) is 45.3. The second-order valence-corrected chi connectivity index (χ2v) is 11.0. The Kier molecular flexibility index (Phi) is 8.68. The average molecular weight is 606 g/mol. The number of hydrogen-bond acceptors (Lipinski definition) is 7. The molecule has 0 atom stereocenters. The van der Waals surface area contributed by atoms with E-state index in [-0.39, 0.29) is 24.1 Å². The number of carbonyl (C=O) groups is 3. The molecular weight excluding hydrogens is 570 g/mol. The van der Waals surface area contributed by atoms with Gasteiger partial charge >= 0.3 is 0 Å². The Morgan fingerprint density at radius 1 is 0.711 bits per heavy atom. The molecule has 2 heterocycles. The molecule has 0 N–H and O–H groups in total. The van der Waals surface area contributed by atoms with Crippen molar-refractivity contribution >= 4 is 29.1 Å². The molecule has 0 spiro atoms. The number of hydrogen-bond donors (Lipinski definition) is 0. The summed E-state index contributed by atoms with van der Waals surface area (Å²) in [6, 6.07) is 27.8. The first-order chi connectivity index (χ1) is 21.9. The van der Waals surface area contributed by atoms with E-state index < -0.39 is 0 Å². The lowest BCUT2D eigenvalue weighted by molar-refractivity contribution is -0.118. The first kappa shape index (κ1) is 29.7. The number of carbonyl (C=O) groups excluding carboxylic acids is 3. The molecule has 9 nitrogen and oxygen atoms in total. The minimum absolute atomic E-state index is 0.0526. The van der Waals surface area contributed by atoms with E-state index in [1.54, 1.807) is 56.7 Å². The number of aryl methyl sites for hydroxylation is 1. The highest BCUT2D eigenvalue weighted by Gasteiger charge is 2.31. The van der Waals surface area contributed by atoms with Crippen molar-refractivity contribution in [1.82, 2.24) is 4.90 Å². The first-order valence-electron chi connectivity index (χ1n) is 15.0. The molecule has 0 unspecified atom stereocenters. The predicted octanol–water partition coefficient (Wildman–Crippen LogP) is 5.36. The van der Waals surface area contributed by atoms with E-state index in [9.17, 15) is 14.4 Å². The lowest BCUT2D eigenvalue weighted by Gasteiger charge is -2.37. The zero-order valence-corrected chi connectivity index (χ0v) is 25.4. The monoisotopic (exact) mass is 605 g/mol. The summed E-state index contributed by atoms with van der Waals surface area (Å²) in [7, 11) is 3.12. The Bertz CT molecular complexity index is 1720. The van der Waals surface area contributed by atoms with Crippen molar-refractivity contribution in [2.75, 3.05) is 50.2 Å². The quantitative estimate of drug-likeness (QED) is 0.250. The van der Waals surface area contributed by atoms with Gasteiger partial charge in [-0.3, -0.25) is 14.4 Å². The average Bonchev–Trinajstić information content (AvgIpc) is 3.10. The van der Waals surface area contributed by atoms with Crippen LogP contribution in [0.2, 0.25) is 0 Å². The van der Waals surface area contributed by atoms with Crippen molar-refractivity contribution in [1.29, 1.82) is 0 Å². The van der Waals surface area contributed by atoms with Crippen molar-refractivity contribution < 1.29 is 28.6 Å². The molecule has 6 rings (SSSR count). The van der Waals surface area contributed by atoms with Gasteiger partial charge in [0.25, 0.3) is 11.8 Å². The molecule has 0 aromatic heterocycles. The van der Waals surface area contributed by atoms with Gasteiger partial charge in [0.05, 0.1) is 19.9 Å². The predicted molar refractivity (Wildman–Crippen MR) is 171 cm³/mol. The standard InChI is InChI=1S/C36H35N3O6/c1-43-32-15-11-28(23-33(32)44-2)35(41)38-19-17-37(18-20-38)29-13-14-31-26(21-29)12-16-34(40)39(31)36(42)27-9-6-10-30(22-27)45-24-25-7-4-3-5-8-25/h3-11,13-15,21-23H,12,16-20,24H2,1-2H3. The molecule has 3 amide bonds. The van der Waals surface area contributed by atoms with Gasteiger partial charge in [-0.05, 0) is 72.1 Å². The zero-order chi connectivity index (χ0) is 31.3. The van der Waals surface area contributed by atoms with Crippen LogP contribution in [0.1, 0.15) is 38.3 Å².